The molecule has 0 aliphatic heterocycles. The maximum absolute atomic E-state index is 12.6. The molecule has 0 fully saturated rings. The predicted octanol–water partition coefficient (Wildman–Crippen LogP) is 5.78. The van der Waals surface area contributed by atoms with E-state index in [1.54, 1.807) is 7.11 Å². The highest BCUT2D eigenvalue weighted by Crippen LogP contribution is 2.42. The van der Waals surface area contributed by atoms with Crippen LogP contribution < -0.4 is 10.3 Å². The van der Waals surface area contributed by atoms with E-state index in [2.05, 4.69) is 55.2 Å². The molecule has 4 nitrogen and oxygen atoms in total. The summed E-state index contributed by atoms with van der Waals surface area (Å²) in [5, 5.41) is 4.02. The van der Waals surface area contributed by atoms with Gasteiger partial charge in [0.15, 0.2) is 0 Å². The number of thiophene rings is 1. The lowest BCUT2D eigenvalue weighted by Crippen LogP contribution is -2.15. The van der Waals surface area contributed by atoms with Crippen molar-refractivity contribution in [1.82, 2.24) is 9.88 Å². The molecule has 0 saturated heterocycles. The Morgan fingerprint density at radius 3 is 2.57 bits per heavy atom. The van der Waals surface area contributed by atoms with Crippen LogP contribution in [0.15, 0.2) is 46.6 Å². The van der Waals surface area contributed by atoms with Crippen LogP contribution in [0, 0.1) is 6.92 Å². The van der Waals surface area contributed by atoms with E-state index < -0.39 is 0 Å². The Hall–Kier alpha value is -2.63. The van der Waals surface area contributed by atoms with Crippen LogP contribution in [0.5, 0.6) is 5.75 Å². The van der Waals surface area contributed by atoms with Crippen LogP contribution >= 0.6 is 11.3 Å². The highest BCUT2D eigenvalue weighted by Gasteiger charge is 2.18. The van der Waals surface area contributed by atoms with Crippen molar-refractivity contribution in [1.29, 1.82) is 0 Å². The zero-order valence-corrected chi connectivity index (χ0v) is 19.0. The number of hydrogen-bond donors (Lipinski definition) is 1. The van der Waals surface area contributed by atoms with Gasteiger partial charge in [-0.3, -0.25) is 4.79 Å². The summed E-state index contributed by atoms with van der Waals surface area (Å²) in [6.45, 7) is 5.36. The lowest BCUT2D eigenvalue weighted by atomic mass is 9.92. The highest BCUT2D eigenvalue weighted by molar-refractivity contribution is 7.17. The van der Waals surface area contributed by atoms with E-state index in [0.717, 1.165) is 56.4 Å². The second-order valence-electron chi connectivity index (χ2n) is 8.25. The molecule has 156 valence electrons. The van der Waals surface area contributed by atoms with Gasteiger partial charge in [-0.15, -0.1) is 11.3 Å². The average molecular weight is 421 g/mol. The van der Waals surface area contributed by atoms with Crippen molar-refractivity contribution in [2.24, 2.45) is 0 Å². The maximum atomic E-state index is 12.6. The van der Waals surface area contributed by atoms with Crippen molar-refractivity contribution in [2.45, 2.75) is 26.2 Å². The van der Waals surface area contributed by atoms with Crippen molar-refractivity contribution < 1.29 is 4.74 Å². The molecular formula is C25H28N2O2S. The van der Waals surface area contributed by atoms with Crippen LogP contribution in [0.25, 0.3) is 32.1 Å². The Morgan fingerprint density at radius 2 is 1.90 bits per heavy atom. The molecule has 0 aliphatic carbocycles. The summed E-state index contributed by atoms with van der Waals surface area (Å²) >= 11 is 1.48. The first kappa shape index (κ1) is 20.6. The van der Waals surface area contributed by atoms with Crippen molar-refractivity contribution in [3.05, 3.63) is 63.3 Å². The first-order valence-corrected chi connectivity index (χ1v) is 11.1. The quantitative estimate of drug-likeness (QED) is 0.430. The van der Waals surface area contributed by atoms with E-state index >= 15 is 0 Å². The van der Waals surface area contributed by atoms with Crippen LogP contribution in [0.1, 0.15) is 30.4 Å². The van der Waals surface area contributed by atoms with Gasteiger partial charge in [-0.25, -0.2) is 0 Å². The maximum Gasteiger partial charge on any atom is 0.266 e. The van der Waals surface area contributed by atoms with E-state index in [0.29, 0.717) is 5.92 Å². The normalized spacial score (nSPS) is 12.7. The fourth-order valence-corrected chi connectivity index (χ4v) is 4.91. The van der Waals surface area contributed by atoms with Crippen LogP contribution in [0.3, 0.4) is 0 Å². The minimum atomic E-state index is -0.0308. The van der Waals surface area contributed by atoms with Crippen molar-refractivity contribution in [3.63, 3.8) is 0 Å². The molecule has 0 aliphatic rings. The largest absolute Gasteiger partial charge is 0.496 e. The summed E-state index contributed by atoms with van der Waals surface area (Å²) in [4.78, 5) is 17.9. The van der Waals surface area contributed by atoms with Crippen molar-refractivity contribution in [2.75, 3.05) is 27.7 Å². The van der Waals surface area contributed by atoms with Gasteiger partial charge in [0.25, 0.3) is 5.56 Å². The van der Waals surface area contributed by atoms with Gasteiger partial charge in [0.2, 0.25) is 0 Å². The van der Waals surface area contributed by atoms with Crippen LogP contribution in [-0.2, 0) is 0 Å². The molecule has 5 heteroatoms. The van der Waals surface area contributed by atoms with Gasteiger partial charge in [0.05, 0.1) is 12.6 Å². The summed E-state index contributed by atoms with van der Waals surface area (Å²) in [6, 6.07) is 12.8. The monoisotopic (exact) mass is 420 g/mol. The molecule has 0 bridgehead atoms. The number of aromatic amines is 1. The number of fused-ring (bicyclic) bond motifs is 3. The number of hydrogen-bond acceptors (Lipinski definition) is 4. The third-order valence-electron chi connectivity index (χ3n) is 5.87. The molecule has 4 aromatic rings. The molecule has 1 N–H and O–H groups in total. The number of methoxy groups -OCH3 is 1. The lowest BCUT2D eigenvalue weighted by Gasteiger charge is -2.18. The van der Waals surface area contributed by atoms with E-state index in [1.807, 2.05) is 24.4 Å². The first-order chi connectivity index (χ1) is 14.4. The molecule has 0 saturated carbocycles. The average Bonchev–Trinajstić information content (AvgIpc) is 3.23. The van der Waals surface area contributed by atoms with Crippen molar-refractivity contribution >= 4 is 32.3 Å². The Bertz CT molecular complexity index is 1250. The molecule has 2 heterocycles. The summed E-state index contributed by atoms with van der Waals surface area (Å²) in [5.41, 5.74) is 5.32. The number of nitrogens with one attached hydrogen (secondary N) is 1. The van der Waals surface area contributed by atoms with Gasteiger partial charge in [0, 0.05) is 16.3 Å². The van der Waals surface area contributed by atoms with Gasteiger partial charge in [0.1, 0.15) is 10.4 Å². The van der Waals surface area contributed by atoms with Crippen molar-refractivity contribution in [3.8, 4) is 16.9 Å². The number of aryl methyl sites for hydroxylation is 1. The Morgan fingerprint density at radius 1 is 1.17 bits per heavy atom. The number of ether oxygens (including phenoxy) is 1. The standard InChI is InChI=1S/C25H28N2O2S/c1-15(10-12-27(3)4)17-6-8-18(9-7-17)21-20(29-5)14-16(2)23-22(21)19-11-13-30-24(19)25(28)26-23/h6-9,11,13-15H,10,12H2,1-5H3,(H,26,28). The summed E-state index contributed by atoms with van der Waals surface area (Å²) in [6.07, 6.45) is 1.12. The third kappa shape index (κ3) is 3.64. The summed E-state index contributed by atoms with van der Waals surface area (Å²) in [5.74, 6) is 1.32. The smallest absolute Gasteiger partial charge is 0.266 e. The Balaban J connectivity index is 1.89. The van der Waals surface area contributed by atoms with Gasteiger partial charge in [-0.05, 0) is 74.1 Å². The topological polar surface area (TPSA) is 45.3 Å². The molecule has 1 unspecified atom stereocenters. The molecule has 0 spiro atoms. The molecular weight excluding hydrogens is 392 g/mol. The molecule has 2 aromatic carbocycles. The summed E-state index contributed by atoms with van der Waals surface area (Å²) < 4.78 is 6.55. The highest BCUT2D eigenvalue weighted by atomic mass is 32.1. The second-order valence-corrected chi connectivity index (χ2v) is 9.17. The predicted molar refractivity (Wildman–Crippen MR) is 128 cm³/mol. The van der Waals surface area contributed by atoms with Crippen LogP contribution in [-0.4, -0.2) is 37.6 Å². The third-order valence-corrected chi connectivity index (χ3v) is 6.78. The van der Waals surface area contributed by atoms with Crippen LogP contribution in [0.2, 0.25) is 0 Å². The minimum Gasteiger partial charge on any atom is -0.496 e. The fourth-order valence-electron chi connectivity index (χ4n) is 4.11. The zero-order valence-electron chi connectivity index (χ0n) is 18.2. The number of H-pyrrole nitrogens is 1. The second kappa shape index (κ2) is 8.25. The van der Waals surface area contributed by atoms with Crippen LogP contribution in [0.4, 0.5) is 0 Å². The van der Waals surface area contributed by atoms with Gasteiger partial charge < -0.3 is 14.6 Å². The van der Waals surface area contributed by atoms with Gasteiger partial charge in [-0.1, -0.05) is 31.2 Å². The van der Waals surface area contributed by atoms with E-state index in [9.17, 15) is 4.79 Å². The van der Waals surface area contributed by atoms with Gasteiger partial charge >= 0.3 is 0 Å². The minimum absolute atomic E-state index is 0.0308. The lowest BCUT2D eigenvalue weighted by molar-refractivity contribution is 0.386. The Labute approximate surface area is 181 Å². The number of benzene rings is 2. The number of rotatable bonds is 6. The number of nitrogens with zero attached hydrogens (tertiary/aromatic N) is 1. The first-order valence-electron chi connectivity index (χ1n) is 10.3. The molecule has 30 heavy (non-hydrogen) atoms. The SMILES string of the molecule is COc1cc(C)c2[nH]c(=O)c3sccc3c2c1-c1ccc(C(C)CCN(C)C)cc1. The van der Waals surface area contributed by atoms with E-state index in [-0.39, 0.29) is 5.56 Å². The molecule has 0 amide bonds. The molecule has 2 aromatic heterocycles. The van der Waals surface area contributed by atoms with E-state index in [1.165, 1.54) is 16.9 Å². The Kier molecular flexibility index (Phi) is 5.67. The number of aromatic nitrogens is 1. The molecule has 1 atom stereocenters. The summed E-state index contributed by atoms with van der Waals surface area (Å²) in [7, 11) is 5.93. The number of pyridine rings is 1. The fraction of sp³-hybridized carbons (Fsp3) is 0.320. The zero-order chi connectivity index (χ0) is 21.4. The molecule has 0 radical (unpaired) electrons. The van der Waals surface area contributed by atoms with E-state index in [4.69, 9.17) is 4.74 Å². The van der Waals surface area contributed by atoms with Gasteiger partial charge in [-0.2, -0.15) is 0 Å². The molecule has 4 rings (SSSR count).